The van der Waals surface area contributed by atoms with Crippen LogP contribution in [0.2, 0.25) is 0 Å². The van der Waals surface area contributed by atoms with Gasteiger partial charge >= 0.3 is 0 Å². The van der Waals surface area contributed by atoms with Gasteiger partial charge < -0.3 is 14.6 Å². The van der Waals surface area contributed by atoms with Gasteiger partial charge in [-0.15, -0.1) is 6.42 Å². The predicted molar refractivity (Wildman–Crippen MR) is 147 cm³/mol. The Labute approximate surface area is 217 Å². The number of ether oxygens (including phenoxy) is 1. The number of hydrogen-bond acceptors (Lipinski definition) is 5. The topological polar surface area (TPSA) is 66.9 Å². The second-order valence-corrected chi connectivity index (χ2v) is 9.71. The minimum atomic E-state index is 0.401. The summed E-state index contributed by atoms with van der Waals surface area (Å²) in [5.41, 5.74) is 8.79. The normalized spacial score (nSPS) is 15.3. The number of benzene rings is 2. The van der Waals surface area contributed by atoms with E-state index in [1.54, 1.807) is 13.4 Å². The number of fused-ring (bicyclic) bond motifs is 1. The number of imidazole rings is 1. The molecular formula is C31H29N5O. The average molecular weight is 488 g/mol. The van der Waals surface area contributed by atoms with Crippen molar-refractivity contribution in [2.45, 2.75) is 32.1 Å². The molecule has 0 amide bonds. The Bertz CT molecular complexity index is 1500. The van der Waals surface area contributed by atoms with Crippen LogP contribution >= 0.6 is 0 Å². The largest absolute Gasteiger partial charge is 0.497 e. The molecule has 2 aliphatic rings. The average Bonchev–Trinajstić information content (AvgIpc) is 3.57. The first-order valence-corrected chi connectivity index (χ1v) is 12.7. The first-order valence-electron chi connectivity index (χ1n) is 12.7. The van der Waals surface area contributed by atoms with Gasteiger partial charge in [-0.1, -0.05) is 18.1 Å². The highest BCUT2D eigenvalue weighted by atomic mass is 16.5. The highest BCUT2D eigenvalue weighted by molar-refractivity contribution is 5.91. The molecule has 0 radical (unpaired) electrons. The summed E-state index contributed by atoms with van der Waals surface area (Å²) in [5.74, 6) is 6.05. The Morgan fingerprint density at radius 2 is 1.73 bits per heavy atom. The van der Waals surface area contributed by atoms with Crippen LogP contribution in [-0.2, 0) is 6.42 Å². The smallest absolute Gasteiger partial charge is 0.139 e. The minimum absolute atomic E-state index is 0.401. The van der Waals surface area contributed by atoms with Crippen molar-refractivity contribution in [3.63, 3.8) is 0 Å². The second-order valence-electron chi connectivity index (χ2n) is 9.71. The number of terminal acetylenes is 1. The van der Waals surface area contributed by atoms with Gasteiger partial charge in [0.1, 0.15) is 23.7 Å². The molecule has 1 aliphatic heterocycles. The fourth-order valence-electron chi connectivity index (χ4n) is 5.41. The van der Waals surface area contributed by atoms with Gasteiger partial charge in [-0.3, -0.25) is 0 Å². The summed E-state index contributed by atoms with van der Waals surface area (Å²) in [6, 6.07) is 16.3. The molecule has 1 fully saturated rings. The van der Waals surface area contributed by atoms with Gasteiger partial charge in [0, 0.05) is 47.8 Å². The highest BCUT2D eigenvalue weighted by Gasteiger charge is 2.28. The van der Waals surface area contributed by atoms with E-state index in [-0.39, 0.29) is 0 Å². The number of nitrogens with one attached hydrogen (secondary N) is 1. The Balaban J connectivity index is 1.18. The molecule has 0 bridgehead atoms. The van der Waals surface area contributed by atoms with Crippen LogP contribution in [0.5, 0.6) is 5.75 Å². The summed E-state index contributed by atoms with van der Waals surface area (Å²) in [6.45, 7) is 3.97. The van der Waals surface area contributed by atoms with E-state index in [4.69, 9.17) is 21.1 Å². The van der Waals surface area contributed by atoms with Gasteiger partial charge in [-0.25, -0.2) is 15.0 Å². The molecule has 0 spiro atoms. The molecule has 3 heterocycles. The number of anilines is 1. The monoisotopic (exact) mass is 487 g/mol. The van der Waals surface area contributed by atoms with E-state index in [9.17, 15) is 0 Å². The van der Waals surface area contributed by atoms with E-state index in [0.29, 0.717) is 5.92 Å². The van der Waals surface area contributed by atoms with Crippen LogP contribution in [0.3, 0.4) is 0 Å². The molecule has 6 rings (SSSR count). The summed E-state index contributed by atoms with van der Waals surface area (Å²) in [6.07, 6.45) is 12.3. The van der Waals surface area contributed by atoms with Gasteiger partial charge in [0.05, 0.1) is 18.5 Å². The van der Waals surface area contributed by atoms with Gasteiger partial charge in [0.2, 0.25) is 0 Å². The third-order valence-corrected chi connectivity index (χ3v) is 7.49. The highest BCUT2D eigenvalue weighted by Crippen LogP contribution is 2.37. The lowest BCUT2D eigenvalue weighted by atomic mass is 9.96. The zero-order valence-corrected chi connectivity index (χ0v) is 21.2. The third-order valence-electron chi connectivity index (χ3n) is 7.49. The van der Waals surface area contributed by atoms with Gasteiger partial charge in [-0.2, -0.15) is 0 Å². The molecule has 1 aliphatic carbocycles. The van der Waals surface area contributed by atoms with E-state index in [0.717, 1.165) is 83.5 Å². The molecule has 184 valence electrons. The summed E-state index contributed by atoms with van der Waals surface area (Å²) in [4.78, 5) is 20.3. The molecule has 1 N–H and O–H groups in total. The van der Waals surface area contributed by atoms with Crippen molar-refractivity contribution < 1.29 is 4.74 Å². The third kappa shape index (κ3) is 4.38. The van der Waals surface area contributed by atoms with Gasteiger partial charge in [-0.05, 0) is 73.4 Å². The van der Waals surface area contributed by atoms with Crippen LogP contribution in [0, 0.1) is 19.3 Å². The molecule has 6 nitrogen and oxygen atoms in total. The van der Waals surface area contributed by atoms with Crippen molar-refractivity contribution in [1.82, 2.24) is 19.9 Å². The number of methoxy groups -OCH3 is 1. The maximum absolute atomic E-state index is 5.52. The fraction of sp³-hybridized carbons (Fsp3) is 0.258. The van der Waals surface area contributed by atoms with Crippen molar-refractivity contribution in [1.29, 1.82) is 0 Å². The zero-order chi connectivity index (χ0) is 25.4. The summed E-state index contributed by atoms with van der Waals surface area (Å²) < 4.78 is 5.29. The van der Waals surface area contributed by atoms with E-state index in [1.165, 1.54) is 11.1 Å². The fourth-order valence-corrected chi connectivity index (χ4v) is 5.41. The first-order chi connectivity index (χ1) is 18.1. The lowest BCUT2D eigenvalue weighted by Crippen LogP contribution is -2.34. The van der Waals surface area contributed by atoms with Crippen molar-refractivity contribution in [3.05, 3.63) is 88.8 Å². The Kier molecular flexibility index (Phi) is 5.97. The quantitative estimate of drug-likeness (QED) is 0.369. The second kappa shape index (κ2) is 9.59. The van der Waals surface area contributed by atoms with Crippen LogP contribution in [0.15, 0.2) is 54.9 Å². The summed E-state index contributed by atoms with van der Waals surface area (Å²) in [7, 11) is 1.68. The molecule has 37 heavy (non-hydrogen) atoms. The number of hydrogen-bond donors (Lipinski definition) is 1. The number of aryl methyl sites for hydroxylation is 1. The van der Waals surface area contributed by atoms with Crippen molar-refractivity contribution in [2.24, 2.45) is 0 Å². The van der Waals surface area contributed by atoms with E-state index < -0.39 is 0 Å². The summed E-state index contributed by atoms with van der Waals surface area (Å²) in [5, 5.41) is 0. The number of nitrogens with zero attached hydrogens (tertiary/aromatic N) is 4. The SMILES string of the molecule is C#Cc1ccc(C2=Cc3c(ncnc3N3CCC(c4nc(-c5ccc(OC)cc5)c(C)[nH]4)CC3)C2)cc1. The number of H-pyrrole nitrogens is 1. The van der Waals surface area contributed by atoms with Crippen LogP contribution in [0.1, 0.15) is 52.7 Å². The van der Waals surface area contributed by atoms with Crippen molar-refractivity contribution in [2.75, 3.05) is 25.1 Å². The van der Waals surface area contributed by atoms with Gasteiger partial charge in [0.15, 0.2) is 0 Å². The molecule has 0 saturated carbocycles. The van der Waals surface area contributed by atoms with Crippen molar-refractivity contribution >= 4 is 17.5 Å². The standard InChI is InChI=1S/C31H29N5O/c1-4-21-5-7-22(8-6-21)25-17-27-28(18-25)32-19-33-31(27)36-15-13-24(14-16-36)30-34-20(2)29(35-30)23-9-11-26(37-3)12-10-23/h1,5-12,17,19,24H,13-16,18H2,2-3H3,(H,34,35). The van der Waals surface area contributed by atoms with Crippen LogP contribution in [-0.4, -0.2) is 40.1 Å². The molecule has 0 atom stereocenters. The molecule has 4 aromatic rings. The number of aromatic nitrogens is 4. The number of piperidine rings is 1. The Hall–Kier alpha value is -4.37. The van der Waals surface area contributed by atoms with Crippen LogP contribution < -0.4 is 9.64 Å². The lowest BCUT2D eigenvalue weighted by Gasteiger charge is -2.32. The molecule has 2 aromatic heterocycles. The summed E-state index contributed by atoms with van der Waals surface area (Å²) >= 11 is 0. The molecule has 2 aromatic carbocycles. The number of allylic oxidation sites excluding steroid dienone is 1. The molecular weight excluding hydrogens is 458 g/mol. The predicted octanol–water partition coefficient (Wildman–Crippen LogP) is 5.65. The van der Waals surface area contributed by atoms with Gasteiger partial charge in [0.25, 0.3) is 0 Å². The Morgan fingerprint density at radius 1 is 1.00 bits per heavy atom. The Morgan fingerprint density at radius 3 is 2.43 bits per heavy atom. The molecule has 1 saturated heterocycles. The maximum atomic E-state index is 5.52. The van der Waals surface area contributed by atoms with E-state index in [2.05, 4.69) is 58.1 Å². The first kappa shape index (κ1) is 23.1. The maximum Gasteiger partial charge on any atom is 0.139 e. The molecule has 6 heteroatoms. The zero-order valence-electron chi connectivity index (χ0n) is 21.2. The van der Waals surface area contributed by atoms with E-state index in [1.807, 2.05) is 24.3 Å². The minimum Gasteiger partial charge on any atom is -0.497 e. The number of rotatable bonds is 5. The van der Waals surface area contributed by atoms with Crippen molar-refractivity contribution in [3.8, 4) is 29.4 Å². The lowest BCUT2D eigenvalue weighted by molar-refractivity contribution is 0.415. The van der Waals surface area contributed by atoms with Crippen LogP contribution in [0.25, 0.3) is 22.9 Å². The molecule has 0 unspecified atom stereocenters. The van der Waals surface area contributed by atoms with E-state index >= 15 is 0 Å². The number of aromatic amines is 1. The van der Waals surface area contributed by atoms with Crippen LogP contribution in [0.4, 0.5) is 5.82 Å².